The van der Waals surface area contributed by atoms with Crippen LogP contribution in [0.4, 0.5) is 5.69 Å². The predicted molar refractivity (Wildman–Crippen MR) is 88.8 cm³/mol. The third kappa shape index (κ3) is 3.04. The highest BCUT2D eigenvalue weighted by molar-refractivity contribution is 9.10. The van der Waals surface area contributed by atoms with E-state index in [1.54, 1.807) is 23.1 Å². The molecule has 4 nitrogen and oxygen atoms in total. The third-order valence-electron chi connectivity index (χ3n) is 3.67. The van der Waals surface area contributed by atoms with Gasteiger partial charge in [-0.3, -0.25) is 9.59 Å². The van der Waals surface area contributed by atoms with E-state index in [4.69, 9.17) is 0 Å². The largest absolute Gasteiger partial charge is 0.340 e. The summed E-state index contributed by atoms with van der Waals surface area (Å²) in [5.41, 5.74) is 1.41. The Bertz CT molecular complexity index is 703. The summed E-state index contributed by atoms with van der Waals surface area (Å²) in [6.07, 6.45) is 0.619. The molecule has 1 N–H and O–H groups in total. The number of rotatable bonds is 3. The van der Waals surface area contributed by atoms with Gasteiger partial charge in [0, 0.05) is 22.3 Å². The van der Waals surface area contributed by atoms with Crippen LogP contribution in [0.3, 0.4) is 0 Å². The Labute approximate surface area is 137 Å². The van der Waals surface area contributed by atoms with E-state index in [0.29, 0.717) is 18.5 Å². The van der Waals surface area contributed by atoms with Crippen LogP contribution in [0, 0.1) is 0 Å². The van der Waals surface area contributed by atoms with Crippen molar-refractivity contribution in [2.45, 2.75) is 12.5 Å². The van der Waals surface area contributed by atoms with E-state index in [0.717, 1.165) is 10.2 Å². The average molecular weight is 359 g/mol. The van der Waals surface area contributed by atoms with Gasteiger partial charge >= 0.3 is 0 Å². The van der Waals surface area contributed by atoms with Crippen LogP contribution >= 0.6 is 15.9 Å². The van der Waals surface area contributed by atoms with Crippen LogP contribution < -0.4 is 10.2 Å². The lowest BCUT2D eigenvalue weighted by Crippen LogP contribution is -2.41. The first kappa shape index (κ1) is 14.8. The monoisotopic (exact) mass is 358 g/mol. The molecule has 2 amide bonds. The highest BCUT2D eigenvalue weighted by Crippen LogP contribution is 2.21. The lowest BCUT2D eigenvalue weighted by molar-refractivity contribution is -0.118. The molecule has 0 aliphatic carbocycles. The molecule has 1 heterocycles. The van der Waals surface area contributed by atoms with Gasteiger partial charge < -0.3 is 10.2 Å². The zero-order valence-corrected chi connectivity index (χ0v) is 13.4. The normalized spacial score (nSPS) is 17.6. The van der Waals surface area contributed by atoms with E-state index in [2.05, 4.69) is 21.2 Å². The number of nitrogens with one attached hydrogen (secondary N) is 1. The van der Waals surface area contributed by atoms with Gasteiger partial charge in [-0.2, -0.15) is 0 Å². The Morgan fingerprint density at radius 1 is 1.14 bits per heavy atom. The molecule has 2 aromatic rings. The molecular weight excluding hydrogens is 344 g/mol. The number of anilines is 1. The number of halogens is 1. The van der Waals surface area contributed by atoms with Crippen LogP contribution in [0.25, 0.3) is 0 Å². The summed E-state index contributed by atoms with van der Waals surface area (Å²) in [5, 5.41) is 2.82. The molecule has 112 valence electrons. The molecule has 1 fully saturated rings. The Balaban J connectivity index is 1.70. The van der Waals surface area contributed by atoms with Crippen LogP contribution in [-0.4, -0.2) is 24.4 Å². The van der Waals surface area contributed by atoms with Gasteiger partial charge in [-0.05, 0) is 36.8 Å². The van der Waals surface area contributed by atoms with E-state index in [9.17, 15) is 9.59 Å². The molecule has 1 saturated heterocycles. The fourth-order valence-corrected chi connectivity index (χ4v) is 2.95. The predicted octanol–water partition coefficient (Wildman–Crippen LogP) is 2.98. The number of amides is 2. The Hall–Kier alpha value is -2.14. The van der Waals surface area contributed by atoms with Gasteiger partial charge in [-0.15, -0.1) is 0 Å². The number of benzene rings is 2. The molecule has 0 radical (unpaired) electrons. The van der Waals surface area contributed by atoms with E-state index in [1.807, 2.05) is 36.4 Å². The van der Waals surface area contributed by atoms with E-state index in [1.165, 1.54) is 0 Å². The van der Waals surface area contributed by atoms with E-state index >= 15 is 0 Å². The van der Waals surface area contributed by atoms with Crippen LogP contribution in [0.15, 0.2) is 59.1 Å². The molecule has 1 unspecified atom stereocenters. The van der Waals surface area contributed by atoms with Crippen molar-refractivity contribution in [1.29, 1.82) is 0 Å². The highest BCUT2D eigenvalue weighted by atomic mass is 79.9. The fourth-order valence-electron chi connectivity index (χ4n) is 2.55. The molecular formula is C17H15BrN2O2. The number of nitrogens with zero attached hydrogens (tertiary/aromatic N) is 1. The summed E-state index contributed by atoms with van der Waals surface area (Å²) < 4.78 is 0.837. The first-order valence-corrected chi connectivity index (χ1v) is 7.87. The second-order valence-electron chi connectivity index (χ2n) is 5.15. The van der Waals surface area contributed by atoms with Crippen molar-refractivity contribution < 1.29 is 9.59 Å². The molecule has 0 bridgehead atoms. The minimum atomic E-state index is -0.466. The summed E-state index contributed by atoms with van der Waals surface area (Å²) in [6, 6.07) is 16.2. The topological polar surface area (TPSA) is 49.4 Å². The lowest BCUT2D eigenvalue weighted by Gasteiger charge is -2.17. The Morgan fingerprint density at radius 2 is 1.91 bits per heavy atom. The molecule has 0 saturated carbocycles. The second-order valence-corrected chi connectivity index (χ2v) is 6.07. The summed E-state index contributed by atoms with van der Waals surface area (Å²) in [4.78, 5) is 26.4. The summed E-state index contributed by atoms with van der Waals surface area (Å²) >= 11 is 3.34. The smallest absolute Gasteiger partial charge is 0.251 e. The van der Waals surface area contributed by atoms with Crippen LogP contribution in [0.1, 0.15) is 16.8 Å². The van der Waals surface area contributed by atoms with Gasteiger partial charge in [0.15, 0.2) is 0 Å². The van der Waals surface area contributed by atoms with Gasteiger partial charge in [-0.25, -0.2) is 0 Å². The van der Waals surface area contributed by atoms with Crippen molar-refractivity contribution in [3.05, 3.63) is 64.6 Å². The number of carbonyl (C=O) groups excluding carboxylic acids is 2. The van der Waals surface area contributed by atoms with Gasteiger partial charge in [-0.1, -0.05) is 40.2 Å². The third-order valence-corrected chi connectivity index (χ3v) is 4.16. The first-order valence-electron chi connectivity index (χ1n) is 7.08. The van der Waals surface area contributed by atoms with E-state index in [-0.39, 0.29) is 11.8 Å². The van der Waals surface area contributed by atoms with Gasteiger partial charge in [0.05, 0.1) is 0 Å². The second kappa shape index (κ2) is 6.32. The number of carbonyl (C=O) groups is 2. The number of hydrogen-bond donors (Lipinski definition) is 1. The molecule has 1 atom stereocenters. The Kier molecular flexibility index (Phi) is 4.24. The summed E-state index contributed by atoms with van der Waals surface area (Å²) in [7, 11) is 0. The summed E-state index contributed by atoms with van der Waals surface area (Å²) in [5.74, 6) is -0.288. The fraction of sp³-hybridized carbons (Fsp3) is 0.176. The van der Waals surface area contributed by atoms with Crippen LogP contribution in [0.2, 0.25) is 0 Å². The molecule has 0 spiro atoms. The van der Waals surface area contributed by atoms with Crippen molar-refractivity contribution in [3.63, 3.8) is 0 Å². The maximum Gasteiger partial charge on any atom is 0.251 e. The zero-order valence-electron chi connectivity index (χ0n) is 11.8. The summed E-state index contributed by atoms with van der Waals surface area (Å²) in [6.45, 7) is 0.617. The number of hydrogen-bond acceptors (Lipinski definition) is 2. The molecule has 1 aliphatic heterocycles. The van der Waals surface area contributed by atoms with Gasteiger partial charge in [0.2, 0.25) is 5.91 Å². The van der Waals surface area contributed by atoms with Crippen molar-refractivity contribution >= 4 is 33.4 Å². The molecule has 0 aromatic heterocycles. The average Bonchev–Trinajstić information content (AvgIpc) is 2.89. The minimum absolute atomic E-state index is 0.0606. The molecule has 5 heteroatoms. The quantitative estimate of drug-likeness (QED) is 0.916. The van der Waals surface area contributed by atoms with Crippen molar-refractivity contribution in [2.75, 3.05) is 11.4 Å². The van der Waals surface area contributed by atoms with E-state index < -0.39 is 6.04 Å². The van der Waals surface area contributed by atoms with Gasteiger partial charge in [0.1, 0.15) is 6.04 Å². The molecule has 22 heavy (non-hydrogen) atoms. The standard InChI is InChI=1S/C17H15BrN2O2/c18-13-6-4-5-12(11-13)16(21)19-15-9-10-20(17(15)22)14-7-2-1-3-8-14/h1-8,11,15H,9-10H2,(H,19,21). The number of para-hydroxylation sites is 1. The lowest BCUT2D eigenvalue weighted by atomic mass is 10.2. The maximum absolute atomic E-state index is 12.4. The van der Waals surface area contributed by atoms with Crippen molar-refractivity contribution in [3.8, 4) is 0 Å². The molecule has 1 aliphatic rings. The first-order chi connectivity index (χ1) is 10.6. The van der Waals surface area contributed by atoms with Crippen molar-refractivity contribution in [2.24, 2.45) is 0 Å². The van der Waals surface area contributed by atoms with Crippen LogP contribution in [0.5, 0.6) is 0 Å². The molecule has 3 rings (SSSR count). The highest BCUT2D eigenvalue weighted by Gasteiger charge is 2.33. The van der Waals surface area contributed by atoms with Crippen LogP contribution in [-0.2, 0) is 4.79 Å². The van der Waals surface area contributed by atoms with Crippen molar-refractivity contribution in [1.82, 2.24) is 5.32 Å². The van der Waals surface area contributed by atoms with Gasteiger partial charge in [0.25, 0.3) is 5.91 Å². The minimum Gasteiger partial charge on any atom is -0.340 e. The Morgan fingerprint density at radius 3 is 2.64 bits per heavy atom. The SMILES string of the molecule is O=C(NC1CCN(c2ccccc2)C1=O)c1cccc(Br)c1. The zero-order chi connectivity index (χ0) is 15.5. The molecule has 2 aromatic carbocycles. The maximum atomic E-state index is 12.4.